The van der Waals surface area contributed by atoms with Gasteiger partial charge < -0.3 is 15.1 Å². The third kappa shape index (κ3) is 2.59. The molecule has 3 aliphatic heterocycles. The topological polar surface area (TPSA) is 44.8 Å². The number of hydrogen-bond donors (Lipinski definition) is 1. The van der Waals surface area contributed by atoms with Crippen LogP contribution in [0.2, 0.25) is 0 Å². The van der Waals surface area contributed by atoms with Gasteiger partial charge in [-0.05, 0) is 24.3 Å². The number of fused-ring (bicyclic) bond motifs is 4. The van der Waals surface area contributed by atoms with Crippen LogP contribution in [0, 0.1) is 5.82 Å². The number of piperidine rings is 1. The van der Waals surface area contributed by atoms with Crippen molar-refractivity contribution in [1.82, 2.24) is 15.3 Å². The van der Waals surface area contributed by atoms with Crippen LogP contribution < -0.4 is 10.2 Å². The lowest BCUT2D eigenvalue weighted by atomic mass is 9.92. The molecule has 1 spiro atoms. The number of hydrogen-bond acceptors (Lipinski definition) is 4. The summed E-state index contributed by atoms with van der Waals surface area (Å²) in [6.07, 6.45) is 3.43. The van der Waals surface area contributed by atoms with Crippen molar-refractivity contribution in [2.45, 2.75) is 31.5 Å². The van der Waals surface area contributed by atoms with E-state index in [2.05, 4.69) is 16.5 Å². The first-order valence-corrected chi connectivity index (χ1v) is 9.64. The lowest BCUT2D eigenvalue weighted by molar-refractivity contribution is -0.165. The van der Waals surface area contributed by atoms with Crippen LogP contribution >= 0.6 is 0 Å². The zero-order valence-electron chi connectivity index (χ0n) is 15.7. The van der Waals surface area contributed by atoms with Crippen LogP contribution in [-0.4, -0.2) is 34.6 Å². The quantitative estimate of drug-likeness (QED) is 0.824. The fraction of sp³-hybridized carbons (Fsp3) is 0.318. The first kappa shape index (κ1) is 17.3. The fourth-order valence-electron chi connectivity index (χ4n) is 4.47. The molecule has 0 radical (unpaired) electrons. The Morgan fingerprint density at radius 3 is 2.61 bits per heavy atom. The molecule has 28 heavy (non-hydrogen) atoms. The summed E-state index contributed by atoms with van der Waals surface area (Å²) >= 11 is 0. The minimum Gasteiger partial charge on any atom is -0.470 e. The van der Waals surface area contributed by atoms with Gasteiger partial charge in [0.05, 0.1) is 11.7 Å². The summed E-state index contributed by atoms with van der Waals surface area (Å²) in [5, 5.41) is 2.11. The highest BCUT2D eigenvalue weighted by molar-refractivity contribution is 5.73. The Morgan fingerprint density at radius 1 is 1.14 bits per heavy atom. The van der Waals surface area contributed by atoms with Crippen molar-refractivity contribution in [2.75, 3.05) is 13.1 Å². The van der Waals surface area contributed by atoms with Gasteiger partial charge in [-0.25, -0.2) is 4.39 Å². The predicted octanol–water partition coefficient (Wildman–Crippen LogP) is 3.46. The molecule has 0 unspecified atom stereocenters. The van der Waals surface area contributed by atoms with E-state index in [4.69, 9.17) is 4.74 Å². The molecule has 5 nitrogen and oxygen atoms in total. The molecule has 0 bridgehead atoms. The first-order chi connectivity index (χ1) is 13.6. The number of para-hydroxylation sites is 1. The molecular weight excluding hydrogens is 357 g/mol. The highest BCUT2D eigenvalue weighted by atomic mass is 19.1. The van der Waals surface area contributed by atoms with Crippen LogP contribution in [0.25, 0.3) is 5.70 Å². The van der Waals surface area contributed by atoms with Crippen molar-refractivity contribution < 1.29 is 13.9 Å². The van der Waals surface area contributed by atoms with Gasteiger partial charge in [0.2, 0.25) is 5.91 Å². The van der Waals surface area contributed by atoms with Crippen LogP contribution in [0.5, 0.6) is 5.75 Å². The van der Waals surface area contributed by atoms with E-state index in [9.17, 15) is 9.18 Å². The number of ether oxygens (including phenoxy) is 1. The summed E-state index contributed by atoms with van der Waals surface area (Å²) < 4.78 is 20.9. The van der Waals surface area contributed by atoms with E-state index in [-0.39, 0.29) is 17.8 Å². The molecule has 0 aromatic heterocycles. The van der Waals surface area contributed by atoms with E-state index in [1.807, 2.05) is 35.2 Å². The molecule has 0 saturated carbocycles. The van der Waals surface area contributed by atoms with E-state index in [1.165, 1.54) is 6.07 Å². The minimum absolute atomic E-state index is 0.0524. The molecule has 1 amide bonds. The number of hydrazine groups is 1. The Kier molecular flexibility index (Phi) is 3.91. The van der Waals surface area contributed by atoms with Crippen molar-refractivity contribution >= 4 is 11.6 Å². The second kappa shape index (κ2) is 6.34. The van der Waals surface area contributed by atoms with Crippen LogP contribution in [-0.2, 0) is 4.79 Å². The summed E-state index contributed by atoms with van der Waals surface area (Å²) in [5.41, 5.74) is 5.20. The maximum absolute atomic E-state index is 14.4. The Labute approximate surface area is 163 Å². The maximum Gasteiger partial charge on any atom is 0.219 e. The molecule has 1 N–H and O–H groups in total. The van der Waals surface area contributed by atoms with E-state index in [0.717, 1.165) is 17.0 Å². The van der Waals surface area contributed by atoms with Crippen LogP contribution in [0.15, 0.2) is 54.6 Å². The Balaban J connectivity index is 1.54. The summed E-state index contributed by atoms with van der Waals surface area (Å²) in [5.74, 6) is 0.686. The van der Waals surface area contributed by atoms with Gasteiger partial charge in [0.25, 0.3) is 0 Å². The average molecular weight is 379 g/mol. The largest absolute Gasteiger partial charge is 0.470 e. The lowest BCUT2D eigenvalue weighted by Crippen LogP contribution is -2.64. The number of halogens is 1. The van der Waals surface area contributed by atoms with Gasteiger partial charge in [-0.1, -0.05) is 30.3 Å². The third-order valence-corrected chi connectivity index (χ3v) is 5.97. The number of carbonyl (C=O) groups is 1. The second-order valence-corrected chi connectivity index (χ2v) is 7.58. The molecule has 3 aliphatic rings. The number of nitrogens with zero attached hydrogens (tertiary/aromatic N) is 2. The number of carbonyl (C=O) groups excluding carboxylic acids is 1. The second-order valence-electron chi connectivity index (χ2n) is 7.58. The summed E-state index contributed by atoms with van der Waals surface area (Å²) in [6, 6.07) is 14.7. The Bertz CT molecular complexity index is 966. The van der Waals surface area contributed by atoms with Crippen molar-refractivity contribution in [3.8, 4) is 5.75 Å². The number of rotatable bonds is 1. The number of nitrogens with one attached hydrogen (secondary N) is 1. The van der Waals surface area contributed by atoms with Crippen molar-refractivity contribution in [2.24, 2.45) is 0 Å². The van der Waals surface area contributed by atoms with Gasteiger partial charge in [-0.15, -0.1) is 0 Å². The number of amides is 1. The van der Waals surface area contributed by atoms with Crippen LogP contribution in [0.1, 0.15) is 36.9 Å². The molecule has 2 aromatic carbocycles. The standard InChI is InChI=1S/C22H22FN3O2/c1-15(27)25-12-10-22(11-13-25)26-20(17-7-3-5-9-21(17)28-22)14-19(24-26)16-6-2-4-8-18(16)23/h2-9,14,20,24H,10-13H2,1H3/t20-/m1/s1. The molecule has 144 valence electrons. The highest BCUT2D eigenvalue weighted by Crippen LogP contribution is 2.48. The SMILES string of the molecule is CC(=O)N1CCC2(CC1)Oc1ccccc1[C@H]1C=C(c3ccccc3F)NN12. The zero-order valence-corrected chi connectivity index (χ0v) is 15.7. The molecule has 1 saturated heterocycles. The van der Waals surface area contributed by atoms with Crippen molar-refractivity contribution in [3.63, 3.8) is 0 Å². The molecule has 2 aromatic rings. The minimum atomic E-state index is -0.575. The third-order valence-electron chi connectivity index (χ3n) is 5.97. The van der Waals surface area contributed by atoms with E-state index >= 15 is 0 Å². The van der Waals surface area contributed by atoms with Gasteiger partial charge in [-0.3, -0.25) is 4.79 Å². The predicted molar refractivity (Wildman–Crippen MR) is 103 cm³/mol. The highest BCUT2D eigenvalue weighted by Gasteiger charge is 2.51. The summed E-state index contributed by atoms with van der Waals surface area (Å²) in [7, 11) is 0. The maximum atomic E-state index is 14.4. The van der Waals surface area contributed by atoms with Crippen LogP contribution in [0.4, 0.5) is 4.39 Å². The van der Waals surface area contributed by atoms with Gasteiger partial charge in [0, 0.05) is 44.0 Å². The first-order valence-electron chi connectivity index (χ1n) is 9.64. The number of likely N-dealkylation sites (tertiary alicyclic amines) is 1. The summed E-state index contributed by atoms with van der Waals surface area (Å²) in [4.78, 5) is 13.6. The van der Waals surface area contributed by atoms with Gasteiger partial charge in [0.15, 0.2) is 5.72 Å². The van der Waals surface area contributed by atoms with Crippen molar-refractivity contribution in [3.05, 3.63) is 71.6 Å². The van der Waals surface area contributed by atoms with Crippen molar-refractivity contribution in [1.29, 1.82) is 0 Å². The molecular formula is C22H22FN3O2. The normalized spacial score (nSPS) is 22.7. The molecule has 3 heterocycles. The molecule has 1 atom stereocenters. The zero-order chi connectivity index (χ0) is 19.3. The summed E-state index contributed by atoms with van der Waals surface area (Å²) in [6.45, 7) is 2.87. The lowest BCUT2D eigenvalue weighted by Gasteiger charge is -2.51. The molecule has 6 heteroatoms. The Morgan fingerprint density at radius 2 is 1.86 bits per heavy atom. The Hall–Kier alpha value is -2.86. The van der Waals surface area contributed by atoms with E-state index < -0.39 is 5.72 Å². The molecule has 0 aliphatic carbocycles. The van der Waals surface area contributed by atoms with E-state index in [1.54, 1.807) is 19.1 Å². The monoisotopic (exact) mass is 379 g/mol. The van der Waals surface area contributed by atoms with Gasteiger partial charge >= 0.3 is 0 Å². The van der Waals surface area contributed by atoms with Gasteiger partial charge in [-0.2, -0.15) is 5.01 Å². The van der Waals surface area contributed by atoms with E-state index in [0.29, 0.717) is 31.5 Å². The van der Waals surface area contributed by atoms with Gasteiger partial charge in [0.1, 0.15) is 11.6 Å². The fourth-order valence-corrected chi connectivity index (χ4v) is 4.47. The molecule has 5 rings (SSSR count). The molecule has 1 fully saturated rings. The van der Waals surface area contributed by atoms with Crippen LogP contribution in [0.3, 0.4) is 0 Å². The average Bonchev–Trinajstić information content (AvgIpc) is 3.15. The smallest absolute Gasteiger partial charge is 0.219 e. The number of benzene rings is 2.